The van der Waals surface area contributed by atoms with Gasteiger partial charge in [0.1, 0.15) is 0 Å². The first-order valence-electron chi connectivity index (χ1n) is 8.83. The van der Waals surface area contributed by atoms with Gasteiger partial charge in [-0.15, -0.1) is 24.0 Å². The summed E-state index contributed by atoms with van der Waals surface area (Å²) in [5.41, 5.74) is 2.28. The molecule has 0 atom stereocenters. The van der Waals surface area contributed by atoms with Gasteiger partial charge in [-0.2, -0.15) is 5.10 Å². The zero-order chi connectivity index (χ0) is 17.8. The lowest BCUT2D eigenvalue weighted by molar-refractivity contribution is 0.453. The van der Waals surface area contributed by atoms with Gasteiger partial charge < -0.3 is 14.8 Å². The molecule has 1 aliphatic rings. The highest BCUT2D eigenvalue weighted by atomic mass is 127. The smallest absolute Gasteiger partial charge is 0.194 e. The second kappa shape index (κ2) is 9.77. The first-order valence-corrected chi connectivity index (χ1v) is 9.62. The summed E-state index contributed by atoms with van der Waals surface area (Å²) in [5.74, 6) is 0.868. The molecular weight excluding hydrogens is 507 g/mol. The van der Waals surface area contributed by atoms with E-state index >= 15 is 0 Å². The minimum atomic E-state index is 0. The van der Waals surface area contributed by atoms with Gasteiger partial charge in [-0.05, 0) is 40.9 Å². The Kier molecular flexibility index (Phi) is 8.00. The average Bonchev–Trinajstić information content (AvgIpc) is 3.30. The van der Waals surface area contributed by atoms with Gasteiger partial charge in [0.25, 0.3) is 0 Å². The summed E-state index contributed by atoms with van der Waals surface area (Å²) in [7, 11) is 5.92. The second-order valence-corrected chi connectivity index (χ2v) is 7.66. The van der Waals surface area contributed by atoms with Crippen molar-refractivity contribution in [1.82, 2.24) is 24.6 Å². The number of hydrogen-bond donors (Lipinski definition) is 1. The summed E-state index contributed by atoms with van der Waals surface area (Å²) in [5, 5.41) is 8.14. The van der Waals surface area contributed by atoms with Crippen LogP contribution >= 0.6 is 39.9 Å². The van der Waals surface area contributed by atoms with Crippen molar-refractivity contribution >= 4 is 45.9 Å². The molecule has 1 fully saturated rings. The van der Waals surface area contributed by atoms with E-state index in [1.165, 1.54) is 31.4 Å². The lowest BCUT2D eigenvalue weighted by Crippen LogP contribution is -2.38. The zero-order valence-electron chi connectivity index (χ0n) is 15.7. The lowest BCUT2D eigenvalue weighted by Gasteiger charge is -2.22. The summed E-state index contributed by atoms with van der Waals surface area (Å²) in [4.78, 5) is 6.52. The first kappa shape index (κ1) is 21.3. The minimum absolute atomic E-state index is 0. The van der Waals surface area contributed by atoms with Crippen molar-refractivity contribution in [2.45, 2.75) is 44.8 Å². The Bertz CT molecular complexity index is 732. The van der Waals surface area contributed by atoms with E-state index < -0.39 is 0 Å². The lowest BCUT2D eigenvalue weighted by atomic mass is 10.3. The summed E-state index contributed by atoms with van der Waals surface area (Å²) >= 11 is 3.52. The van der Waals surface area contributed by atoms with Crippen LogP contribution in [0.4, 0.5) is 0 Å². The molecule has 3 rings (SSSR count). The van der Waals surface area contributed by atoms with E-state index in [2.05, 4.69) is 72.0 Å². The van der Waals surface area contributed by atoms with Gasteiger partial charge in [0.2, 0.25) is 0 Å². The number of halogens is 2. The van der Waals surface area contributed by atoms with Crippen molar-refractivity contribution < 1.29 is 0 Å². The van der Waals surface area contributed by atoms with E-state index in [0.29, 0.717) is 12.6 Å². The van der Waals surface area contributed by atoms with E-state index in [9.17, 15) is 0 Å². The number of nitrogens with zero attached hydrogens (tertiary/aromatic N) is 5. The minimum Gasteiger partial charge on any atom is -0.352 e. The van der Waals surface area contributed by atoms with Crippen LogP contribution in [0.25, 0.3) is 0 Å². The molecule has 8 heteroatoms. The molecule has 1 saturated carbocycles. The van der Waals surface area contributed by atoms with Crippen LogP contribution < -0.4 is 5.32 Å². The molecule has 2 heterocycles. The van der Waals surface area contributed by atoms with Crippen molar-refractivity contribution in [3.8, 4) is 0 Å². The highest BCUT2D eigenvalue weighted by molar-refractivity contribution is 14.0. The van der Waals surface area contributed by atoms with Crippen molar-refractivity contribution in [3.63, 3.8) is 0 Å². The average molecular weight is 535 g/mol. The van der Waals surface area contributed by atoms with Crippen molar-refractivity contribution in [1.29, 1.82) is 0 Å². The number of guanidine groups is 1. The summed E-state index contributed by atoms with van der Waals surface area (Å²) in [6.45, 7) is 1.48. The highest BCUT2D eigenvalue weighted by Crippen LogP contribution is 2.28. The molecule has 0 saturated heterocycles. The van der Waals surface area contributed by atoms with Crippen LogP contribution in [0.2, 0.25) is 0 Å². The Morgan fingerprint density at radius 1 is 1.42 bits per heavy atom. The molecule has 0 spiro atoms. The van der Waals surface area contributed by atoms with Crippen molar-refractivity contribution in [2.75, 3.05) is 14.1 Å². The fourth-order valence-electron chi connectivity index (χ4n) is 3.44. The monoisotopic (exact) mass is 534 g/mol. The van der Waals surface area contributed by atoms with Crippen LogP contribution in [0.1, 0.15) is 43.1 Å². The normalized spacial score (nSPS) is 15.2. The van der Waals surface area contributed by atoms with Crippen LogP contribution in [-0.2, 0) is 20.1 Å². The molecule has 2 aromatic heterocycles. The van der Waals surface area contributed by atoms with Gasteiger partial charge in [-0.3, -0.25) is 9.67 Å². The Balaban J connectivity index is 0.00000243. The molecule has 0 unspecified atom stereocenters. The zero-order valence-corrected chi connectivity index (χ0v) is 19.6. The van der Waals surface area contributed by atoms with Crippen molar-refractivity contribution in [3.05, 3.63) is 40.4 Å². The molecule has 26 heavy (non-hydrogen) atoms. The van der Waals surface area contributed by atoms with Gasteiger partial charge >= 0.3 is 0 Å². The van der Waals surface area contributed by atoms with E-state index in [1.54, 1.807) is 0 Å². The van der Waals surface area contributed by atoms with E-state index in [-0.39, 0.29) is 24.0 Å². The SMILES string of the molecule is CN=C(NCc1ccn(C2CCCC2)n1)N(C)Cc1cc(Br)cn1C.I. The van der Waals surface area contributed by atoms with Crippen LogP contribution in [0.3, 0.4) is 0 Å². The summed E-state index contributed by atoms with van der Waals surface area (Å²) < 4.78 is 5.36. The predicted octanol–water partition coefficient (Wildman–Crippen LogP) is 3.92. The van der Waals surface area contributed by atoms with Crippen LogP contribution in [0, 0.1) is 0 Å². The molecule has 0 bridgehead atoms. The molecule has 6 nitrogen and oxygen atoms in total. The largest absolute Gasteiger partial charge is 0.352 e. The molecule has 1 N–H and O–H groups in total. The highest BCUT2D eigenvalue weighted by Gasteiger charge is 2.17. The first-order chi connectivity index (χ1) is 12.1. The molecule has 0 aliphatic heterocycles. The second-order valence-electron chi connectivity index (χ2n) is 6.74. The third kappa shape index (κ3) is 5.25. The van der Waals surface area contributed by atoms with Gasteiger partial charge in [0.05, 0.1) is 24.8 Å². The third-order valence-corrected chi connectivity index (χ3v) is 5.27. The topological polar surface area (TPSA) is 50.4 Å². The number of aromatic nitrogens is 3. The summed E-state index contributed by atoms with van der Waals surface area (Å²) in [6, 6.07) is 4.83. The number of hydrogen-bond acceptors (Lipinski definition) is 2. The molecule has 0 amide bonds. The molecule has 0 aromatic carbocycles. The Morgan fingerprint density at radius 2 is 2.15 bits per heavy atom. The standard InChI is InChI=1S/C18H27BrN6.HI/c1-20-18(24(3)13-17-10-14(19)12-23(17)2)21-11-15-8-9-25(22-15)16-6-4-5-7-16;/h8-10,12,16H,4-7,11,13H2,1-3H3,(H,20,21);1H. The van der Waals surface area contributed by atoms with Gasteiger partial charge in [0, 0.05) is 43.7 Å². The fraction of sp³-hybridized carbons (Fsp3) is 0.556. The maximum Gasteiger partial charge on any atom is 0.194 e. The van der Waals surface area contributed by atoms with Crippen LogP contribution in [-0.4, -0.2) is 39.3 Å². The predicted molar refractivity (Wildman–Crippen MR) is 120 cm³/mol. The number of nitrogens with one attached hydrogen (secondary N) is 1. The molecular formula is C18H28BrIN6. The Morgan fingerprint density at radius 3 is 2.77 bits per heavy atom. The van der Waals surface area contributed by atoms with Gasteiger partial charge in [-0.25, -0.2) is 0 Å². The molecule has 0 radical (unpaired) electrons. The van der Waals surface area contributed by atoms with Crippen molar-refractivity contribution in [2.24, 2.45) is 12.0 Å². The number of rotatable bonds is 5. The van der Waals surface area contributed by atoms with Crippen LogP contribution in [0.5, 0.6) is 0 Å². The van der Waals surface area contributed by atoms with Crippen LogP contribution in [0.15, 0.2) is 34.0 Å². The van der Waals surface area contributed by atoms with E-state index in [4.69, 9.17) is 5.10 Å². The number of aliphatic imine (C=N–C) groups is 1. The van der Waals surface area contributed by atoms with E-state index in [1.807, 2.05) is 14.1 Å². The molecule has 144 valence electrons. The maximum absolute atomic E-state index is 4.73. The quantitative estimate of drug-likeness (QED) is 0.359. The third-order valence-electron chi connectivity index (χ3n) is 4.84. The summed E-state index contributed by atoms with van der Waals surface area (Å²) in [6.07, 6.45) is 9.34. The van der Waals surface area contributed by atoms with Gasteiger partial charge in [0.15, 0.2) is 5.96 Å². The van der Waals surface area contributed by atoms with E-state index in [0.717, 1.165) is 22.7 Å². The van der Waals surface area contributed by atoms with Gasteiger partial charge in [-0.1, -0.05) is 12.8 Å². The molecule has 1 aliphatic carbocycles. The number of aryl methyl sites for hydroxylation is 1. The maximum atomic E-state index is 4.73. The fourth-order valence-corrected chi connectivity index (χ4v) is 4.01. The Hall–Kier alpha value is -1.03. The molecule has 2 aromatic rings. The Labute approximate surface area is 181 Å².